The first-order chi connectivity index (χ1) is 10.4. The topological polar surface area (TPSA) is 77.3 Å². The molecule has 0 fully saturated rings. The summed E-state index contributed by atoms with van der Waals surface area (Å²) in [6.45, 7) is 9.95. The number of hydrogen-bond donors (Lipinski definition) is 0. The average Bonchev–Trinajstić information content (AvgIpc) is 2.48. The molecule has 1 aromatic carbocycles. The van der Waals surface area contributed by atoms with E-state index in [9.17, 15) is 9.59 Å². The van der Waals surface area contributed by atoms with Gasteiger partial charge in [0.1, 0.15) is 0 Å². The van der Waals surface area contributed by atoms with E-state index in [1.54, 1.807) is 24.3 Å². The first-order valence-electron chi connectivity index (χ1n) is 6.30. The third-order valence-electron chi connectivity index (χ3n) is 2.31. The van der Waals surface area contributed by atoms with E-state index in [4.69, 9.17) is 0 Å². The molecule has 0 radical (unpaired) electrons. The van der Waals surface area contributed by atoms with Crippen molar-refractivity contribution in [3.8, 4) is 0 Å². The van der Waals surface area contributed by atoms with Crippen molar-refractivity contribution < 1.29 is 19.3 Å². The molecule has 6 nitrogen and oxygen atoms in total. The molecule has 0 aliphatic rings. The van der Waals surface area contributed by atoms with Crippen LogP contribution in [0.1, 0.15) is 25.0 Å². The number of hydrogen-bond acceptors (Lipinski definition) is 6. The fourth-order valence-corrected chi connectivity index (χ4v) is 1.09. The molecular weight excluding hydrogens is 284 g/mol. The summed E-state index contributed by atoms with van der Waals surface area (Å²) in [5.74, 6) is -1.17. The van der Waals surface area contributed by atoms with Gasteiger partial charge in [0, 0.05) is 11.1 Å². The molecule has 0 N–H and O–H groups in total. The Hall–Kier alpha value is -3.02. The normalized spacial score (nSPS) is 10.6. The van der Waals surface area contributed by atoms with Gasteiger partial charge in [-0.2, -0.15) is 0 Å². The van der Waals surface area contributed by atoms with Crippen LogP contribution in [0.5, 0.6) is 0 Å². The van der Waals surface area contributed by atoms with Crippen molar-refractivity contribution >= 4 is 24.4 Å². The Morgan fingerprint density at radius 3 is 1.45 bits per heavy atom. The number of benzene rings is 1. The Morgan fingerprint density at radius 1 is 0.864 bits per heavy atom. The summed E-state index contributed by atoms with van der Waals surface area (Å²) in [4.78, 5) is 31.4. The SMILES string of the molecule is C=C(C)C(=O)ON=Cc1ccc(C=NOC(=O)C(=C)C)cc1. The van der Waals surface area contributed by atoms with E-state index in [2.05, 4.69) is 33.1 Å². The molecule has 1 aromatic rings. The van der Waals surface area contributed by atoms with E-state index >= 15 is 0 Å². The Morgan fingerprint density at radius 2 is 1.18 bits per heavy atom. The molecular formula is C16H16N2O4. The van der Waals surface area contributed by atoms with Gasteiger partial charge in [0.2, 0.25) is 0 Å². The summed E-state index contributed by atoms with van der Waals surface area (Å²) in [6.07, 6.45) is 2.78. The monoisotopic (exact) mass is 300 g/mol. The van der Waals surface area contributed by atoms with Crippen molar-refractivity contribution in [2.45, 2.75) is 13.8 Å². The van der Waals surface area contributed by atoms with Gasteiger partial charge in [-0.15, -0.1) is 0 Å². The zero-order valence-electron chi connectivity index (χ0n) is 12.4. The summed E-state index contributed by atoms with van der Waals surface area (Å²) in [5, 5.41) is 7.10. The maximum absolute atomic E-state index is 11.1. The Bertz CT molecular complexity index is 586. The minimum absolute atomic E-state index is 0.271. The van der Waals surface area contributed by atoms with Crippen molar-refractivity contribution in [3.63, 3.8) is 0 Å². The highest BCUT2D eigenvalue weighted by atomic mass is 16.7. The molecule has 0 saturated carbocycles. The molecule has 0 heterocycles. The van der Waals surface area contributed by atoms with Gasteiger partial charge < -0.3 is 9.68 Å². The number of rotatable bonds is 6. The minimum atomic E-state index is -0.584. The number of oxime groups is 2. The zero-order chi connectivity index (χ0) is 16.5. The van der Waals surface area contributed by atoms with Crippen molar-refractivity contribution in [1.82, 2.24) is 0 Å². The molecule has 0 bridgehead atoms. The van der Waals surface area contributed by atoms with Crippen LogP contribution in [0.3, 0.4) is 0 Å². The molecule has 0 unspecified atom stereocenters. The van der Waals surface area contributed by atoms with Crippen LogP contribution in [-0.2, 0) is 19.3 Å². The van der Waals surface area contributed by atoms with Crippen LogP contribution < -0.4 is 0 Å². The third kappa shape index (κ3) is 5.96. The minimum Gasteiger partial charge on any atom is -0.313 e. The molecule has 0 atom stereocenters. The van der Waals surface area contributed by atoms with Crippen LogP contribution in [0.25, 0.3) is 0 Å². The van der Waals surface area contributed by atoms with Crippen molar-refractivity contribution in [2.24, 2.45) is 10.3 Å². The maximum atomic E-state index is 11.1. The first kappa shape index (κ1) is 17.0. The van der Waals surface area contributed by atoms with Gasteiger partial charge in [-0.1, -0.05) is 47.7 Å². The van der Waals surface area contributed by atoms with Gasteiger partial charge in [0.05, 0.1) is 12.4 Å². The molecule has 114 valence electrons. The summed E-state index contributed by atoms with van der Waals surface area (Å²) in [7, 11) is 0. The second-order valence-electron chi connectivity index (χ2n) is 4.45. The lowest BCUT2D eigenvalue weighted by Gasteiger charge is -1.97. The predicted molar refractivity (Wildman–Crippen MR) is 83.4 cm³/mol. The maximum Gasteiger partial charge on any atom is 0.360 e. The van der Waals surface area contributed by atoms with Gasteiger partial charge in [0.15, 0.2) is 0 Å². The van der Waals surface area contributed by atoms with Crippen LogP contribution >= 0.6 is 0 Å². The van der Waals surface area contributed by atoms with Crippen LogP contribution in [0.4, 0.5) is 0 Å². The lowest BCUT2D eigenvalue weighted by atomic mass is 10.2. The van der Waals surface area contributed by atoms with E-state index < -0.39 is 11.9 Å². The molecule has 0 spiro atoms. The third-order valence-corrected chi connectivity index (χ3v) is 2.31. The molecule has 0 aliphatic carbocycles. The van der Waals surface area contributed by atoms with Gasteiger partial charge in [-0.25, -0.2) is 9.59 Å². The number of carbonyl (C=O) groups is 2. The van der Waals surface area contributed by atoms with E-state index in [0.717, 1.165) is 11.1 Å². The highest BCUT2D eigenvalue weighted by Gasteiger charge is 2.01. The van der Waals surface area contributed by atoms with Gasteiger partial charge in [-0.05, 0) is 25.0 Å². The average molecular weight is 300 g/mol. The van der Waals surface area contributed by atoms with Crippen molar-refractivity contribution in [3.05, 3.63) is 59.7 Å². The smallest absolute Gasteiger partial charge is 0.313 e. The number of nitrogens with zero attached hydrogens (tertiary/aromatic N) is 2. The second-order valence-corrected chi connectivity index (χ2v) is 4.45. The number of carbonyl (C=O) groups excluding carboxylic acids is 2. The van der Waals surface area contributed by atoms with Crippen LogP contribution in [0, 0.1) is 0 Å². The van der Waals surface area contributed by atoms with E-state index in [1.807, 2.05) is 0 Å². The second kappa shape index (κ2) is 8.31. The van der Waals surface area contributed by atoms with Gasteiger partial charge >= 0.3 is 11.9 Å². The largest absolute Gasteiger partial charge is 0.360 e. The quantitative estimate of drug-likeness (QED) is 0.350. The molecule has 6 heteroatoms. The van der Waals surface area contributed by atoms with Crippen molar-refractivity contribution in [1.29, 1.82) is 0 Å². The summed E-state index contributed by atoms with van der Waals surface area (Å²) in [6, 6.07) is 6.94. The lowest BCUT2D eigenvalue weighted by molar-refractivity contribution is -0.139. The first-order valence-corrected chi connectivity index (χ1v) is 6.30. The molecule has 1 rings (SSSR count). The summed E-state index contributed by atoms with van der Waals surface area (Å²) in [5.41, 5.74) is 2.00. The fourth-order valence-electron chi connectivity index (χ4n) is 1.09. The Kier molecular flexibility index (Phi) is 6.43. The Balaban J connectivity index is 2.56. The van der Waals surface area contributed by atoms with Gasteiger partial charge in [0.25, 0.3) is 0 Å². The lowest BCUT2D eigenvalue weighted by Crippen LogP contribution is -2.00. The molecule has 22 heavy (non-hydrogen) atoms. The highest BCUT2D eigenvalue weighted by Crippen LogP contribution is 2.02. The molecule has 0 amide bonds. The molecule has 0 aromatic heterocycles. The van der Waals surface area contributed by atoms with Crippen LogP contribution in [0.2, 0.25) is 0 Å². The van der Waals surface area contributed by atoms with Gasteiger partial charge in [-0.3, -0.25) is 0 Å². The molecule has 0 saturated heterocycles. The highest BCUT2D eigenvalue weighted by molar-refractivity contribution is 5.89. The molecule has 0 aliphatic heterocycles. The van der Waals surface area contributed by atoms with Crippen LogP contribution in [0.15, 0.2) is 58.9 Å². The predicted octanol–water partition coefficient (Wildman–Crippen LogP) is 2.59. The standard InChI is InChI=1S/C16H16N2O4/c1-11(2)15(19)21-17-9-13-5-7-14(8-6-13)10-18-22-16(20)12(3)4/h5-10H,1,3H2,2,4H3. The van der Waals surface area contributed by atoms with Crippen LogP contribution in [-0.4, -0.2) is 24.4 Å². The van der Waals surface area contributed by atoms with E-state index in [1.165, 1.54) is 26.3 Å². The van der Waals surface area contributed by atoms with Crippen molar-refractivity contribution in [2.75, 3.05) is 0 Å². The summed E-state index contributed by atoms with van der Waals surface area (Å²) >= 11 is 0. The van der Waals surface area contributed by atoms with E-state index in [-0.39, 0.29) is 11.1 Å². The summed E-state index contributed by atoms with van der Waals surface area (Å²) < 4.78 is 0. The Labute approximate surface area is 128 Å². The van der Waals surface area contributed by atoms with E-state index in [0.29, 0.717) is 0 Å². The zero-order valence-corrected chi connectivity index (χ0v) is 12.4. The fraction of sp³-hybridized carbons (Fsp3) is 0.125.